The molecule has 17 nitrogen and oxygen atoms in total. The van der Waals surface area contributed by atoms with Crippen molar-refractivity contribution < 1.29 is 62.6 Å². The molecule has 2 heterocycles. The Morgan fingerprint density at radius 1 is 1.00 bits per heavy atom. The average Bonchev–Trinajstić information content (AvgIpc) is 3.43. The van der Waals surface area contributed by atoms with Crippen molar-refractivity contribution in [1.82, 2.24) is 9.55 Å². The molecule has 3 unspecified atom stereocenters. The predicted molar refractivity (Wildman–Crippen MR) is 177 cm³/mol. The van der Waals surface area contributed by atoms with E-state index in [2.05, 4.69) is 4.98 Å². The van der Waals surface area contributed by atoms with Gasteiger partial charge in [-0.1, -0.05) is 30.3 Å². The number of aliphatic hydroxyl groups excluding tert-OH is 1. The Kier molecular flexibility index (Phi) is 14.1. The summed E-state index contributed by atoms with van der Waals surface area (Å²) in [5.74, 6) is -0.897. The number of carbonyl (C=O) groups is 2. The molecule has 278 valence electrons. The summed E-state index contributed by atoms with van der Waals surface area (Å²) >= 11 is 0. The van der Waals surface area contributed by atoms with Gasteiger partial charge in [0.15, 0.2) is 13.7 Å². The maximum Gasteiger partial charge on any atom is 0.530 e. The van der Waals surface area contributed by atoms with E-state index in [-0.39, 0.29) is 37.7 Å². The Labute approximate surface area is 294 Å². The molecule has 0 saturated carbocycles. The lowest BCUT2D eigenvalue weighted by Gasteiger charge is -2.28. The number of esters is 1. The molecule has 1 aliphatic rings. The van der Waals surface area contributed by atoms with E-state index in [1.54, 1.807) is 39.2 Å². The van der Waals surface area contributed by atoms with Gasteiger partial charge in [0.25, 0.3) is 12.0 Å². The van der Waals surface area contributed by atoms with Crippen LogP contribution >= 0.6 is 7.82 Å². The van der Waals surface area contributed by atoms with Gasteiger partial charge < -0.3 is 38.1 Å². The Balaban J connectivity index is 1.63. The lowest BCUT2D eigenvalue weighted by atomic mass is 9.98. The zero-order valence-corrected chi connectivity index (χ0v) is 29.1. The van der Waals surface area contributed by atoms with E-state index < -0.39 is 68.2 Å². The minimum Gasteiger partial charge on any atom is -0.457 e. The SMILES string of the molecule is [2H]C(=O)OC(C)(C)c1ccc(OP(=O)(OCCOCCOCCOC)OC2C(OC(=O)c3ccccc3)[C@H](n3ccc(=O)[nH]c3=O)O[C@@H]2CO)cc1. The fourth-order valence-corrected chi connectivity index (χ4v) is 6.22. The lowest BCUT2D eigenvalue weighted by molar-refractivity contribution is -0.141. The summed E-state index contributed by atoms with van der Waals surface area (Å²) in [6.45, 7) is 3.19. The number of rotatable bonds is 20. The summed E-state index contributed by atoms with van der Waals surface area (Å²) in [6, 6.07) is 14.7. The van der Waals surface area contributed by atoms with Crippen LogP contribution in [0.4, 0.5) is 0 Å². The lowest BCUT2D eigenvalue weighted by Crippen LogP contribution is -2.41. The molecule has 0 radical (unpaired) electrons. The maximum atomic E-state index is 14.4. The molecule has 18 heteroatoms. The van der Waals surface area contributed by atoms with Gasteiger partial charge in [-0.2, -0.15) is 0 Å². The largest absolute Gasteiger partial charge is 0.530 e. The number of hydrogen-bond acceptors (Lipinski definition) is 15. The molecule has 1 saturated heterocycles. The molecule has 0 spiro atoms. The number of phosphoric acid groups is 1. The van der Waals surface area contributed by atoms with Crippen LogP contribution in [0.2, 0.25) is 0 Å². The zero-order valence-electron chi connectivity index (χ0n) is 29.2. The predicted octanol–water partition coefficient (Wildman–Crippen LogP) is 2.33. The topological polar surface area (TPSA) is 209 Å². The van der Waals surface area contributed by atoms with E-state index in [0.717, 1.165) is 16.8 Å². The number of aliphatic hydroxyl groups is 1. The highest BCUT2D eigenvalue weighted by Crippen LogP contribution is 2.53. The van der Waals surface area contributed by atoms with Crippen LogP contribution in [0.1, 0.15) is 37.4 Å². The smallest absolute Gasteiger partial charge is 0.457 e. The molecule has 0 amide bonds. The minimum atomic E-state index is -4.75. The van der Waals surface area contributed by atoms with Crippen molar-refractivity contribution in [3.63, 3.8) is 0 Å². The van der Waals surface area contributed by atoms with Crippen molar-refractivity contribution in [3.8, 4) is 5.75 Å². The summed E-state index contributed by atoms with van der Waals surface area (Å²) in [5.41, 5.74) is -2.21. The molecule has 2 aromatic carbocycles. The molecule has 1 aliphatic heterocycles. The van der Waals surface area contributed by atoms with Crippen molar-refractivity contribution in [2.45, 2.75) is 44.0 Å². The van der Waals surface area contributed by atoms with Crippen molar-refractivity contribution in [2.75, 3.05) is 53.4 Å². The second kappa shape index (κ2) is 18.9. The van der Waals surface area contributed by atoms with Gasteiger partial charge in [0.05, 0.1) is 51.8 Å². The Bertz CT molecular complexity index is 1770. The highest BCUT2D eigenvalue weighted by Gasteiger charge is 2.53. The number of benzene rings is 2. The monoisotopic (exact) mass is 737 g/mol. The summed E-state index contributed by atoms with van der Waals surface area (Å²) in [5, 5.41) is 10.3. The van der Waals surface area contributed by atoms with E-state index in [4.69, 9.17) is 43.4 Å². The number of methoxy groups -OCH3 is 1. The van der Waals surface area contributed by atoms with Gasteiger partial charge >= 0.3 is 19.5 Å². The van der Waals surface area contributed by atoms with Gasteiger partial charge in [0.2, 0.25) is 0 Å². The molecule has 0 aliphatic carbocycles. The highest BCUT2D eigenvalue weighted by molar-refractivity contribution is 7.49. The van der Waals surface area contributed by atoms with Crippen LogP contribution in [0.5, 0.6) is 5.75 Å². The average molecular weight is 738 g/mol. The summed E-state index contributed by atoms with van der Waals surface area (Å²) in [6.07, 6.45) is -6.09. The number of aromatic nitrogens is 2. The molecule has 2 N–H and O–H groups in total. The number of phosphoric ester groups is 1. The number of ether oxygens (including phenoxy) is 6. The Morgan fingerprint density at radius 3 is 2.29 bits per heavy atom. The molecule has 3 aromatic rings. The van der Waals surface area contributed by atoms with E-state index >= 15 is 0 Å². The second-order valence-corrected chi connectivity index (χ2v) is 12.9. The van der Waals surface area contributed by atoms with Crippen LogP contribution in [0, 0.1) is 0 Å². The molecule has 4 rings (SSSR count). The number of hydrogen-bond donors (Lipinski definition) is 2. The molecule has 1 aromatic heterocycles. The first kappa shape index (κ1) is 38.1. The van der Waals surface area contributed by atoms with E-state index in [0.29, 0.717) is 18.8 Å². The Hall–Kier alpha value is -4.19. The summed E-state index contributed by atoms with van der Waals surface area (Å²) in [4.78, 5) is 51.3. The molecule has 0 bridgehead atoms. The standard InChI is InChI=1S/C33H41N2O15P/c1-33(2,45-22-37)24-9-11-25(12-10-24)49-51(41,46-20-19-44-18-17-43-16-15-42-3)50-28-26(21-36)47-30(35-14-13-27(38)34-32(35)40)29(28)48-31(39)23-7-5-4-6-8-23/h4-14,22,26,28-30,36H,15-21H2,1-3H3,(H,34,38,40)/t26-,28?,29?,30-,51?/m1/s1/i22D. The second-order valence-electron chi connectivity index (χ2n) is 11.4. The van der Waals surface area contributed by atoms with Gasteiger partial charge in [-0.3, -0.25) is 28.2 Å². The molecule has 1 fully saturated rings. The first-order chi connectivity index (χ1) is 24.9. The van der Waals surface area contributed by atoms with E-state index in [1.807, 2.05) is 0 Å². The molecule has 5 atom stereocenters. The van der Waals surface area contributed by atoms with Gasteiger partial charge in [0.1, 0.15) is 23.6 Å². The first-order valence-electron chi connectivity index (χ1n) is 16.3. The van der Waals surface area contributed by atoms with Crippen molar-refractivity contribution in [1.29, 1.82) is 0 Å². The van der Waals surface area contributed by atoms with Crippen LogP contribution in [-0.2, 0) is 52.4 Å². The fourth-order valence-electron chi connectivity index (χ4n) is 4.83. The van der Waals surface area contributed by atoms with Crippen molar-refractivity contribution in [2.24, 2.45) is 0 Å². The van der Waals surface area contributed by atoms with E-state index in [1.165, 1.54) is 36.4 Å². The first-order valence-corrected chi connectivity index (χ1v) is 17.2. The number of carbonyl (C=O) groups excluding carboxylic acids is 2. The van der Waals surface area contributed by atoms with Gasteiger partial charge in [-0.25, -0.2) is 14.2 Å². The van der Waals surface area contributed by atoms with E-state index in [9.17, 15) is 28.8 Å². The minimum absolute atomic E-state index is 0.0294. The van der Waals surface area contributed by atoms with Crippen LogP contribution in [0.25, 0.3) is 0 Å². The van der Waals surface area contributed by atoms with Crippen LogP contribution in [-0.4, -0.2) is 98.7 Å². The third-order valence-electron chi connectivity index (χ3n) is 7.44. The third-order valence-corrected chi connectivity index (χ3v) is 8.87. The molecular formula is C33H41N2O15P. The normalized spacial score (nSPS) is 20.3. The van der Waals surface area contributed by atoms with Crippen molar-refractivity contribution in [3.05, 3.63) is 98.8 Å². The van der Waals surface area contributed by atoms with Crippen LogP contribution in [0.15, 0.2) is 76.4 Å². The van der Waals surface area contributed by atoms with Gasteiger partial charge in [-0.15, -0.1) is 0 Å². The summed E-state index contributed by atoms with van der Waals surface area (Å²) in [7, 11) is -3.20. The zero-order chi connectivity index (χ0) is 37.7. The molecule has 51 heavy (non-hydrogen) atoms. The third kappa shape index (κ3) is 11.1. The van der Waals surface area contributed by atoms with Gasteiger partial charge in [-0.05, 0) is 43.7 Å². The summed E-state index contributed by atoms with van der Waals surface area (Å²) < 4.78 is 72.4. The quantitative estimate of drug-likeness (QED) is 0.0738. The fraction of sp³-hybridized carbons (Fsp3) is 0.455. The van der Waals surface area contributed by atoms with Crippen LogP contribution in [0.3, 0.4) is 0 Å². The number of aromatic amines is 1. The highest BCUT2D eigenvalue weighted by atomic mass is 31.2. The van der Waals surface area contributed by atoms with Crippen molar-refractivity contribution >= 4 is 20.2 Å². The number of nitrogens with one attached hydrogen (secondary N) is 1. The van der Waals surface area contributed by atoms with Crippen LogP contribution < -0.4 is 15.8 Å². The number of nitrogens with zero attached hydrogens (tertiary/aromatic N) is 1. The van der Waals surface area contributed by atoms with Gasteiger partial charge in [0, 0.05) is 19.4 Å². The maximum absolute atomic E-state index is 14.4. The number of H-pyrrole nitrogens is 1. The molecular weight excluding hydrogens is 695 g/mol. The Morgan fingerprint density at radius 2 is 1.67 bits per heavy atom.